The van der Waals surface area contributed by atoms with Crippen LogP contribution in [-0.2, 0) is 59.2 Å². The topological polar surface area (TPSA) is 473 Å². The van der Waals surface area contributed by atoms with Crippen LogP contribution >= 0.6 is 0 Å². The van der Waals surface area contributed by atoms with Gasteiger partial charge < -0.3 is 90.9 Å². The first-order valence-electron chi connectivity index (χ1n) is 23.9. The van der Waals surface area contributed by atoms with Crippen molar-refractivity contribution < 1.29 is 68.1 Å². The fourth-order valence-electron chi connectivity index (χ4n) is 6.70. The number of nitrogens with one attached hydrogen (secondary N) is 9. The van der Waals surface area contributed by atoms with Gasteiger partial charge in [0.15, 0.2) is 5.96 Å². The van der Waals surface area contributed by atoms with Crippen LogP contribution in [-0.4, -0.2) is 173 Å². The monoisotopic (exact) mass is 1050 g/mol. The second kappa shape index (κ2) is 33.4. The fourth-order valence-corrected chi connectivity index (χ4v) is 6.70. The normalized spacial score (nSPS) is 15.1. The summed E-state index contributed by atoms with van der Waals surface area (Å²) in [5.74, 6) is -10.2. The van der Waals surface area contributed by atoms with E-state index in [0.29, 0.717) is 18.3 Å². The van der Waals surface area contributed by atoms with Crippen molar-refractivity contribution in [1.82, 2.24) is 47.9 Å². The second-order valence-electron chi connectivity index (χ2n) is 18.2. The maximum absolute atomic E-state index is 13.9. The van der Waals surface area contributed by atoms with Crippen LogP contribution in [0.1, 0.15) is 79.2 Å². The van der Waals surface area contributed by atoms with Gasteiger partial charge in [0, 0.05) is 19.4 Å². The zero-order valence-electron chi connectivity index (χ0n) is 42.6. The van der Waals surface area contributed by atoms with Crippen LogP contribution in [0.5, 0.6) is 0 Å². The summed E-state index contributed by atoms with van der Waals surface area (Å²) in [5, 5.41) is 51.0. The smallest absolute Gasteiger partial charge is 0.245 e. The number of carbonyl (C=O) groups is 11. The number of aliphatic hydroxyl groups is 3. The zero-order chi connectivity index (χ0) is 56.2. The molecular weight excluding hydrogens is 973 g/mol. The number of aliphatic imine (C=N–C) groups is 1. The predicted octanol–water partition coefficient (Wildman–Crippen LogP) is -6.84. The highest BCUT2D eigenvalue weighted by Gasteiger charge is 2.35. The van der Waals surface area contributed by atoms with Gasteiger partial charge in [-0.05, 0) is 56.9 Å². The molecule has 0 bridgehead atoms. The molecule has 0 saturated heterocycles. The van der Waals surface area contributed by atoms with Gasteiger partial charge in [-0.3, -0.25) is 52.9 Å². The summed E-state index contributed by atoms with van der Waals surface area (Å²) < 4.78 is 0. The number of amides is 10. The molecule has 0 fully saturated rings. The summed E-state index contributed by atoms with van der Waals surface area (Å²) in [6, 6.07) is -3.92. The van der Waals surface area contributed by atoms with Gasteiger partial charge in [0.2, 0.25) is 59.1 Å². The molecule has 74 heavy (non-hydrogen) atoms. The Morgan fingerprint density at radius 3 is 1.70 bits per heavy atom. The molecule has 1 rings (SSSR count). The van der Waals surface area contributed by atoms with Crippen molar-refractivity contribution in [2.75, 3.05) is 26.3 Å². The summed E-state index contributed by atoms with van der Waals surface area (Å²) in [7, 11) is 0. The largest absolute Gasteiger partial charge is 0.394 e. The molecule has 1 aromatic carbocycles. The highest BCUT2D eigenvalue weighted by Crippen LogP contribution is 2.11. The molecule has 0 aromatic heterocycles. The maximum Gasteiger partial charge on any atom is 0.245 e. The number of carbonyl (C=O) groups excluding carboxylic acids is 11. The van der Waals surface area contributed by atoms with Gasteiger partial charge in [0.05, 0.1) is 31.9 Å². The Morgan fingerprint density at radius 2 is 1.16 bits per heavy atom. The minimum atomic E-state index is -1.73. The average Bonchev–Trinajstić information content (AvgIpc) is 3.33. The quantitative estimate of drug-likeness (QED) is 0.0132. The lowest BCUT2D eigenvalue weighted by Gasteiger charge is -2.28. The molecule has 0 aliphatic rings. The molecule has 0 radical (unpaired) electrons. The van der Waals surface area contributed by atoms with Gasteiger partial charge in [-0.1, -0.05) is 58.0 Å². The highest BCUT2D eigenvalue weighted by atomic mass is 16.3. The third-order valence-electron chi connectivity index (χ3n) is 10.9. The van der Waals surface area contributed by atoms with Crippen LogP contribution in [0, 0.1) is 11.8 Å². The number of benzene rings is 1. The number of nitrogens with zero attached hydrogens (tertiary/aromatic N) is 1. The first-order valence-corrected chi connectivity index (χ1v) is 23.9. The van der Waals surface area contributed by atoms with E-state index < -0.39 is 158 Å². The number of aliphatic hydroxyl groups excluding tert-OH is 3. The van der Waals surface area contributed by atoms with Crippen LogP contribution in [0.25, 0.3) is 0 Å². The molecule has 10 amide bonds. The van der Waals surface area contributed by atoms with E-state index in [2.05, 4.69) is 52.8 Å². The Labute approximate surface area is 428 Å². The molecular formula is C46H76N14O14. The van der Waals surface area contributed by atoms with E-state index in [9.17, 15) is 68.1 Å². The number of guanidine groups is 1. The average molecular weight is 1050 g/mol. The number of primary amides is 1. The van der Waals surface area contributed by atoms with E-state index in [1.54, 1.807) is 58.0 Å². The number of hydrogen-bond acceptors (Lipinski definition) is 16. The zero-order valence-corrected chi connectivity index (χ0v) is 42.6. The molecule has 0 heterocycles. The molecule has 20 N–H and O–H groups in total. The predicted molar refractivity (Wildman–Crippen MR) is 267 cm³/mol. The summed E-state index contributed by atoms with van der Waals surface area (Å²) in [6.07, 6.45) is -1.12. The van der Waals surface area contributed by atoms with Crippen molar-refractivity contribution in [3.05, 3.63) is 35.9 Å². The minimum Gasteiger partial charge on any atom is -0.394 e. The van der Waals surface area contributed by atoms with Gasteiger partial charge in [0.1, 0.15) is 54.6 Å². The summed E-state index contributed by atoms with van der Waals surface area (Å²) in [6.45, 7) is 6.64. The van der Waals surface area contributed by atoms with Crippen LogP contribution < -0.4 is 70.8 Å². The lowest BCUT2D eigenvalue weighted by atomic mass is 9.99. The first-order chi connectivity index (χ1) is 34.7. The van der Waals surface area contributed by atoms with Crippen molar-refractivity contribution in [2.45, 2.75) is 141 Å². The van der Waals surface area contributed by atoms with Crippen LogP contribution in [0.2, 0.25) is 0 Å². The first kappa shape index (κ1) is 64.7. The lowest BCUT2D eigenvalue weighted by molar-refractivity contribution is -0.136. The number of nitrogens with two attached hydrogens (primary N) is 4. The number of rotatable bonds is 34. The Balaban J connectivity index is 3.15. The Hall–Kier alpha value is -7.30. The van der Waals surface area contributed by atoms with Crippen molar-refractivity contribution in [3.8, 4) is 0 Å². The Morgan fingerprint density at radius 1 is 0.622 bits per heavy atom. The minimum absolute atomic E-state index is 0.0160. The van der Waals surface area contributed by atoms with E-state index in [1.165, 1.54) is 13.8 Å². The molecule has 0 unspecified atom stereocenters. The van der Waals surface area contributed by atoms with E-state index >= 15 is 0 Å². The van der Waals surface area contributed by atoms with Crippen molar-refractivity contribution >= 4 is 71.3 Å². The van der Waals surface area contributed by atoms with E-state index in [0.717, 1.165) is 0 Å². The van der Waals surface area contributed by atoms with Gasteiger partial charge >= 0.3 is 0 Å². The Kier molecular flexibility index (Phi) is 29.2. The van der Waals surface area contributed by atoms with Crippen LogP contribution in [0.15, 0.2) is 35.3 Å². The van der Waals surface area contributed by atoms with Gasteiger partial charge in [-0.2, -0.15) is 0 Å². The molecule has 1 aromatic rings. The summed E-state index contributed by atoms with van der Waals surface area (Å²) in [4.78, 5) is 147. The SMILES string of the molecule is CC(C)C[C@H](NC(=O)[C@@H](NC(=O)[C@H](C)NC(=O)[C@H](CO)NC(=O)[C@@H](N)[C@@H](C)O)C(C)C)C(=O)N[C@@H](CCC(N)=O)C(=O)N[C@@H](CO)C(=O)NCC(=O)N[C@@H](Cc1ccccc1)C(=O)N[C@H](C=O)CCCN=C(N)N. The van der Waals surface area contributed by atoms with E-state index in [1.807, 2.05) is 0 Å². The Bertz CT molecular complexity index is 2090. The van der Waals surface area contributed by atoms with Gasteiger partial charge in [-0.25, -0.2) is 0 Å². The van der Waals surface area contributed by atoms with Crippen LogP contribution in [0.4, 0.5) is 0 Å². The van der Waals surface area contributed by atoms with Crippen molar-refractivity contribution in [1.29, 1.82) is 0 Å². The lowest BCUT2D eigenvalue weighted by Crippen LogP contribution is -2.61. The van der Waals surface area contributed by atoms with Crippen molar-refractivity contribution in [2.24, 2.45) is 39.8 Å². The molecule has 28 nitrogen and oxygen atoms in total. The molecule has 0 aliphatic carbocycles. The van der Waals surface area contributed by atoms with Gasteiger partial charge in [-0.15, -0.1) is 0 Å². The third kappa shape index (κ3) is 24.4. The number of hydrogen-bond donors (Lipinski definition) is 16. The molecule has 0 aliphatic heterocycles. The van der Waals surface area contributed by atoms with Crippen LogP contribution in [0.3, 0.4) is 0 Å². The summed E-state index contributed by atoms with van der Waals surface area (Å²) >= 11 is 0. The molecule has 28 heteroatoms. The molecule has 0 saturated carbocycles. The third-order valence-corrected chi connectivity index (χ3v) is 10.9. The summed E-state index contributed by atoms with van der Waals surface area (Å²) in [5.41, 5.74) is 22.2. The highest BCUT2D eigenvalue weighted by molar-refractivity contribution is 5.98. The van der Waals surface area contributed by atoms with E-state index in [-0.39, 0.29) is 37.7 Å². The van der Waals surface area contributed by atoms with Crippen molar-refractivity contribution in [3.63, 3.8) is 0 Å². The fraction of sp³-hybridized carbons (Fsp3) is 0.609. The maximum atomic E-state index is 13.9. The van der Waals surface area contributed by atoms with E-state index in [4.69, 9.17) is 22.9 Å². The number of aldehydes is 1. The standard InChI is InChI=1S/C46H76N14O14/c1-23(2)17-30(57-45(74)37(24(3)4)60-38(67)25(5)53-43(72)33(22-63)59-44(73)36(48)26(6)64)42(71)56-29(14-15-34(47)65)40(69)58-32(21-62)39(68)52-19-35(66)55-31(18-27-11-8-7-9-12-27)41(70)54-28(20-61)13-10-16-51-46(49)50/h7-9,11-12,20,23-26,28-33,36-37,62-64H,10,13-19,21-22,48H2,1-6H3,(H2,47,65)(H,52,68)(H,53,72)(H,54,70)(H,55,66)(H,56,71)(H,57,74)(H,58,69)(H,59,73)(H,60,67)(H4,49,50,51)/t25-,26+,28-,29-,30-,31-,32-,33-,36-,37-/m0/s1. The molecule has 0 spiro atoms. The molecule has 414 valence electrons. The second-order valence-corrected chi connectivity index (χ2v) is 18.2. The molecule has 10 atom stereocenters. The van der Waals surface area contributed by atoms with Gasteiger partial charge in [0.25, 0.3) is 0 Å².